The average Bonchev–Trinajstić information content (AvgIpc) is 3.33. The van der Waals surface area contributed by atoms with E-state index in [0.717, 1.165) is 11.8 Å². The lowest BCUT2D eigenvalue weighted by Gasteiger charge is -2.38. The molecule has 0 aliphatic carbocycles. The Morgan fingerprint density at radius 1 is 1.23 bits per heavy atom. The molecule has 0 radical (unpaired) electrons. The first kappa shape index (κ1) is 19.7. The molecule has 1 amide bonds. The summed E-state index contributed by atoms with van der Waals surface area (Å²) in [7, 11) is 0. The molecule has 0 saturated carbocycles. The highest BCUT2D eigenvalue weighted by molar-refractivity contribution is 5.96. The van der Waals surface area contributed by atoms with Crippen LogP contribution in [0.3, 0.4) is 0 Å². The predicted octanol–water partition coefficient (Wildman–Crippen LogP) is 4.32. The molecular weight excluding hydrogens is 414 g/mol. The molecule has 2 aromatic heterocycles. The van der Waals surface area contributed by atoms with Gasteiger partial charge in [0.1, 0.15) is 12.0 Å². The highest BCUT2D eigenvalue weighted by Gasteiger charge is 2.42. The van der Waals surface area contributed by atoms with Crippen LogP contribution < -0.4 is 0 Å². The summed E-state index contributed by atoms with van der Waals surface area (Å²) in [4.78, 5) is 22.6. The van der Waals surface area contributed by atoms with Gasteiger partial charge in [0.2, 0.25) is 0 Å². The minimum absolute atomic E-state index is 0.0401. The number of halogens is 4. The molecular formula is C21H17F4N5O. The van der Waals surface area contributed by atoms with Crippen LogP contribution in [-0.4, -0.2) is 36.4 Å². The van der Waals surface area contributed by atoms with E-state index in [-0.39, 0.29) is 28.9 Å². The van der Waals surface area contributed by atoms with Gasteiger partial charge < -0.3 is 4.90 Å². The third kappa shape index (κ3) is 3.08. The van der Waals surface area contributed by atoms with Crippen molar-refractivity contribution in [1.29, 1.82) is 0 Å². The van der Waals surface area contributed by atoms with E-state index < -0.39 is 29.7 Å². The Hall–Kier alpha value is -3.30. The maximum Gasteiger partial charge on any atom is 0.280 e. The van der Waals surface area contributed by atoms with Gasteiger partial charge >= 0.3 is 0 Å². The number of alkyl halides is 2. The number of allylic oxidation sites excluding steroid dienone is 1. The third-order valence-electron chi connectivity index (χ3n) is 5.99. The van der Waals surface area contributed by atoms with E-state index in [0.29, 0.717) is 25.0 Å². The number of hydrogen-bond donors (Lipinski definition) is 0. The fourth-order valence-electron chi connectivity index (χ4n) is 4.58. The van der Waals surface area contributed by atoms with Crippen LogP contribution >= 0.6 is 0 Å². The van der Waals surface area contributed by atoms with Crippen molar-refractivity contribution < 1.29 is 22.4 Å². The van der Waals surface area contributed by atoms with Gasteiger partial charge in [-0.3, -0.25) is 4.79 Å². The molecule has 3 aromatic rings. The van der Waals surface area contributed by atoms with Gasteiger partial charge in [0.05, 0.1) is 5.69 Å². The van der Waals surface area contributed by atoms with E-state index in [1.165, 1.54) is 29.9 Å². The van der Waals surface area contributed by atoms with Gasteiger partial charge in [0.25, 0.3) is 18.1 Å². The minimum Gasteiger partial charge on any atom is -0.308 e. The molecule has 0 unspecified atom stereocenters. The Morgan fingerprint density at radius 3 is 2.77 bits per heavy atom. The van der Waals surface area contributed by atoms with E-state index in [4.69, 9.17) is 0 Å². The quantitative estimate of drug-likeness (QED) is 0.580. The number of carbonyl (C=O) groups is 1. The van der Waals surface area contributed by atoms with Crippen LogP contribution in [0.25, 0.3) is 5.78 Å². The number of rotatable bonds is 3. The van der Waals surface area contributed by atoms with E-state index in [1.54, 1.807) is 4.90 Å². The molecule has 160 valence electrons. The van der Waals surface area contributed by atoms with E-state index in [1.807, 2.05) is 6.08 Å². The molecule has 1 saturated heterocycles. The summed E-state index contributed by atoms with van der Waals surface area (Å²) >= 11 is 0. The summed E-state index contributed by atoms with van der Waals surface area (Å²) in [6.07, 6.45) is 2.09. The number of benzene rings is 1. The number of hydrogen-bond acceptors (Lipinski definition) is 4. The van der Waals surface area contributed by atoms with Crippen molar-refractivity contribution in [3.8, 4) is 0 Å². The number of piperidine rings is 1. The third-order valence-corrected chi connectivity index (χ3v) is 5.99. The van der Waals surface area contributed by atoms with Crippen molar-refractivity contribution >= 4 is 11.7 Å². The number of aryl methyl sites for hydroxylation is 1. The summed E-state index contributed by atoms with van der Waals surface area (Å²) in [6.45, 7) is 1.40. The molecule has 2 bridgehead atoms. The van der Waals surface area contributed by atoms with Crippen molar-refractivity contribution in [3.05, 3.63) is 70.4 Å². The van der Waals surface area contributed by atoms with Crippen LogP contribution in [0.1, 0.15) is 58.9 Å². The predicted molar refractivity (Wildman–Crippen MR) is 101 cm³/mol. The van der Waals surface area contributed by atoms with Crippen LogP contribution in [0.15, 0.2) is 36.3 Å². The molecule has 2 aliphatic heterocycles. The normalized spacial score (nSPS) is 20.6. The minimum atomic E-state index is -2.77. The maximum absolute atomic E-state index is 13.9. The van der Waals surface area contributed by atoms with Crippen molar-refractivity contribution in [2.45, 2.75) is 44.6 Å². The SMILES string of the molecule is Cc1cc(C(=O)N2C3=CC[C@H]2[C@@H](c2cc(C(F)F)nc4ncnn24)CC3)cc(F)c1F. The van der Waals surface area contributed by atoms with Crippen molar-refractivity contribution in [1.82, 2.24) is 24.5 Å². The fraction of sp³-hybridized carbons (Fsp3) is 0.333. The van der Waals surface area contributed by atoms with Crippen LogP contribution in [0.4, 0.5) is 17.6 Å². The number of carbonyl (C=O) groups excluding carboxylic acids is 1. The lowest BCUT2D eigenvalue weighted by molar-refractivity contribution is 0.0703. The Kier molecular flexibility index (Phi) is 4.53. The molecule has 1 fully saturated rings. The van der Waals surface area contributed by atoms with Gasteiger partial charge in [0.15, 0.2) is 11.6 Å². The molecule has 1 aromatic carbocycles. The first-order chi connectivity index (χ1) is 14.8. The Morgan fingerprint density at radius 2 is 2.03 bits per heavy atom. The van der Waals surface area contributed by atoms with Gasteiger partial charge in [-0.15, -0.1) is 0 Å². The van der Waals surface area contributed by atoms with E-state index >= 15 is 0 Å². The first-order valence-electron chi connectivity index (χ1n) is 9.82. The number of fused-ring (bicyclic) bond motifs is 3. The zero-order valence-electron chi connectivity index (χ0n) is 16.4. The molecule has 5 rings (SSSR count). The molecule has 2 atom stereocenters. The number of nitrogens with zero attached hydrogens (tertiary/aromatic N) is 5. The fourth-order valence-corrected chi connectivity index (χ4v) is 4.58. The molecule has 2 aliphatic rings. The molecule has 0 spiro atoms. The standard InChI is InChI=1S/C21H17F4N5O/c1-10-6-11(7-14(22)18(10)23)20(31)29-12-2-4-13(16(29)5-3-12)17-8-15(19(24)25)28-21-26-9-27-30(17)21/h3,6-9,13,16,19H,2,4-5H2,1H3/t13-,16-/m0/s1. The summed E-state index contributed by atoms with van der Waals surface area (Å²) in [5, 5.41) is 4.12. The summed E-state index contributed by atoms with van der Waals surface area (Å²) in [5.41, 5.74) is 0.978. The zero-order chi connectivity index (χ0) is 21.9. The van der Waals surface area contributed by atoms with Crippen LogP contribution in [0.5, 0.6) is 0 Å². The summed E-state index contributed by atoms with van der Waals surface area (Å²) in [6, 6.07) is 3.17. The molecule has 4 heterocycles. The van der Waals surface area contributed by atoms with Gasteiger partial charge in [-0.25, -0.2) is 27.1 Å². The van der Waals surface area contributed by atoms with Crippen LogP contribution in [0.2, 0.25) is 0 Å². The molecule has 0 N–H and O–H groups in total. The summed E-state index contributed by atoms with van der Waals surface area (Å²) in [5.74, 6) is -2.75. The Labute approximate surface area is 174 Å². The topological polar surface area (TPSA) is 63.4 Å². The highest BCUT2D eigenvalue weighted by Crippen LogP contribution is 2.44. The summed E-state index contributed by atoms with van der Waals surface area (Å²) < 4.78 is 55.9. The van der Waals surface area contributed by atoms with E-state index in [2.05, 4.69) is 15.1 Å². The zero-order valence-corrected chi connectivity index (χ0v) is 16.4. The second-order valence-electron chi connectivity index (χ2n) is 7.79. The molecule has 10 heteroatoms. The van der Waals surface area contributed by atoms with E-state index in [9.17, 15) is 22.4 Å². The number of aromatic nitrogens is 4. The average molecular weight is 431 g/mol. The van der Waals surface area contributed by atoms with Gasteiger partial charge in [0, 0.05) is 23.2 Å². The van der Waals surface area contributed by atoms with Crippen molar-refractivity contribution in [2.75, 3.05) is 0 Å². The Balaban J connectivity index is 1.55. The molecule has 6 nitrogen and oxygen atoms in total. The van der Waals surface area contributed by atoms with Gasteiger partial charge in [-0.2, -0.15) is 10.1 Å². The van der Waals surface area contributed by atoms with Gasteiger partial charge in [-0.1, -0.05) is 6.08 Å². The Bertz CT molecular complexity index is 1210. The lowest BCUT2D eigenvalue weighted by atomic mass is 9.86. The van der Waals surface area contributed by atoms with Crippen LogP contribution in [0, 0.1) is 18.6 Å². The smallest absolute Gasteiger partial charge is 0.280 e. The van der Waals surface area contributed by atoms with Crippen molar-refractivity contribution in [3.63, 3.8) is 0 Å². The second-order valence-corrected chi connectivity index (χ2v) is 7.79. The first-order valence-corrected chi connectivity index (χ1v) is 9.82. The molecule has 31 heavy (non-hydrogen) atoms. The largest absolute Gasteiger partial charge is 0.308 e. The maximum atomic E-state index is 13.9. The number of amides is 1. The second kappa shape index (κ2) is 7.14. The van der Waals surface area contributed by atoms with Crippen molar-refractivity contribution in [2.24, 2.45) is 0 Å². The highest BCUT2D eigenvalue weighted by atomic mass is 19.3. The lowest BCUT2D eigenvalue weighted by Crippen LogP contribution is -2.43. The monoisotopic (exact) mass is 431 g/mol. The van der Waals surface area contributed by atoms with Crippen LogP contribution in [-0.2, 0) is 0 Å². The van der Waals surface area contributed by atoms with Gasteiger partial charge in [-0.05, 0) is 49.9 Å².